The highest BCUT2D eigenvalue weighted by atomic mass is 35.5. The lowest BCUT2D eigenvalue weighted by atomic mass is 9.40. The number of sulfonamides is 1. The van der Waals surface area contributed by atoms with E-state index in [0.717, 1.165) is 37.9 Å². The molecule has 9 heteroatoms. The number of hydrogen-bond donors (Lipinski definition) is 1. The molecule has 0 spiro atoms. The minimum Gasteiger partial charge on any atom is -0.493 e. The van der Waals surface area contributed by atoms with E-state index < -0.39 is 10.0 Å². The van der Waals surface area contributed by atoms with E-state index >= 15 is 0 Å². The van der Waals surface area contributed by atoms with Gasteiger partial charge in [0.15, 0.2) is 5.75 Å². The van der Waals surface area contributed by atoms with Crippen LogP contribution in [0.2, 0.25) is 5.02 Å². The van der Waals surface area contributed by atoms with Crippen molar-refractivity contribution in [2.45, 2.75) is 43.7 Å². The topological polar surface area (TPSA) is 97.7 Å². The number of rotatable bonds is 9. The van der Waals surface area contributed by atoms with Gasteiger partial charge in [-0.2, -0.15) is 5.26 Å². The van der Waals surface area contributed by atoms with Gasteiger partial charge in [-0.3, -0.25) is 0 Å². The molecule has 0 aromatic heterocycles. The molecule has 168 valence electrons. The SMILES string of the molecule is CS(=O)(=O)NC12CC(COc3ccc(Oc4cc(Cl)c(OC5CC5)c(C#N)c4)cc3)(C1)C2. The Morgan fingerprint density at radius 1 is 1.12 bits per heavy atom. The molecule has 4 saturated carbocycles. The standard InChI is InChI=1S/C23H23ClN2O5S/c1-32(27,28)26-23-11-22(12-23,13-23)14-29-16-2-4-17(5-3-16)30-19-8-15(10-25)21(20(24)9-19)31-18-6-7-18/h2-5,8-9,18,26H,6-7,11-14H2,1H3. The molecule has 0 unspecified atom stereocenters. The minimum absolute atomic E-state index is 0.0710. The molecule has 4 aliphatic rings. The Kier molecular flexibility index (Phi) is 5.04. The first-order valence-corrected chi connectivity index (χ1v) is 12.7. The molecule has 2 bridgehead atoms. The highest BCUT2D eigenvalue weighted by Gasteiger charge is 2.69. The van der Waals surface area contributed by atoms with E-state index in [-0.39, 0.29) is 17.1 Å². The fourth-order valence-corrected chi connectivity index (χ4v) is 6.07. The summed E-state index contributed by atoms with van der Waals surface area (Å²) in [7, 11) is -3.18. The van der Waals surface area contributed by atoms with Crippen molar-refractivity contribution in [3.05, 3.63) is 47.0 Å². The van der Waals surface area contributed by atoms with Crippen LogP contribution in [0.15, 0.2) is 36.4 Å². The first-order valence-electron chi connectivity index (χ1n) is 10.5. The number of nitrogens with zero attached hydrogens (tertiary/aromatic N) is 1. The molecule has 0 amide bonds. The molecule has 6 rings (SSSR count). The largest absolute Gasteiger partial charge is 0.493 e. The van der Waals surface area contributed by atoms with Crippen LogP contribution in [0.4, 0.5) is 0 Å². The summed E-state index contributed by atoms with van der Waals surface area (Å²) in [6.07, 6.45) is 5.75. The van der Waals surface area contributed by atoms with Gasteiger partial charge < -0.3 is 14.2 Å². The van der Waals surface area contributed by atoms with E-state index in [1.165, 1.54) is 6.26 Å². The van der Waals surface area contributed by atoms with Gasteiger partial charge in [0.1, 0.15) is 23.3 Å². The second-order valence-electron chi connectivity index (χ2n) is 9.26. The molecule has 0 aliphatic heterocycles. The lowest BCUT2D eigenvalue weighted by Crippen LogP contribution is -2.76. The van der Waals surface area contributed by atoms with Crippen LogP contribution in [0.1, 0.15) is 37.7 Å². The zero-order valence-electron chi connectivity index (χ0n) is 17.6. The molecule has 7 nitrogen and oxygen atoms in total. The fourth-order valence-electron chi connectivity index (χ4n) is 4.81. The number of halogens is 1. The first-order chi connectivity index (χ1) is 15.2. The van der Waals surface area contributed by atoms with Gasteiger partial charge in [0.05, 0.1) is 29.6 Å². The molecule has 32 heavy (non-hydrogen) atoms. The highest BCUT2D eigenvalue weighted by molar-refractivity contribution is 7.88. The zero-order chi connectivity index (χ0) is 22.6. The summed E-state index contributed by atoms with van der Waals surface area (Å²) in [6.45, 7) is 0.560. The molecule has 2 aromatic rings. The first kappa shape index (κ1) is 21.4. The normalized spacial score (nSPS) is 25.8. The van der Waals surface area contributed by atoms with Gasteiger partial charge in [0, 0.05) is 23.1 Å². The Labute approximate surface area is 192 Å². The van der Waals surface area contributed by atoms with Crippen LogP contribution in [0.5, 0.6) is 23.0 Å². The van der Waals surface area contributed by atoms with Gasteiger partial charge in [0.2, 0.25) is 10.0 Å². The molecule has 1 N–H and O–H groups in total. The quantitative estimate of drug-likeness (QED) is 0.578. The van der Waals surface area contributed by atoms with E-state index in [9.17, 15) is 13.7 Å². The van der Waals surface area contributed by atoms with Crippen molar-refractivity contribution in [3.8, 4) is 29.1 Å². The second kappa shape index (κ2) is 7.55. The van der Waals surface area contributed by atoms with Crippen LogP contribution in [0.3, 0.4) is 0 Å². The summed E-state index contributed by atoms with van der Waals surface area (Å²) in [5, 5.41) is 9.79. The van der Waals surface area contributed by atoms with Crippen LogP contribution < -0.4 is 18.9 Å². The van der Waals surface area contributed by atoms with Crippen molar-refractivity contribution >= 4 is 21.6 Å². The second-order valence-corrected chi connectivity index (χ2v) is 11.4. The summed E-state index contributed by atoms with van der Waals surface area (Å²) >= 11 is 6.31. The van der Waals surface area contributed by atoms with Crippen molar-refractivity contribution in [3.63, 3.8) is 0 Å². The predicted octanol–water partition coefficient (Wildman–Crippen LogP) is 4.40. The lowest BCUT2D eigenvalue weighted by molar-refractivity contribution is -0.162. The average Bonchev–Trinajstić information content (AvgIpc) is 3.49. The highest BCUT2D eigenvalue weighted by Crippen LogP contribution is 2.67. The molecule has 4 fully saturated rings. The summed E-state index contributed by atoms with van der Waals surface area (Å²) in [5.41, 5.74) is 0.167. The summed E-state index contributed by atoms with van der Waals surface area (Å²) in [6, 6.07) is 12.6. The zero-order valence-corrected chi connectivity index (χ0v) is 19.1. The maximum atomic E-state index is 11.4. The van der Waals surface area contributed by atoms with Crippen molar-refractivity contribution in [1.29, 1.82) is 5.26 Å². The molecule has 0 radical (unpaired) electrons. The monoisotopic (exact) mass is 474 g/mol. The van der Waals surface area contributed by atoms with Crippen molar-refractivity contribution < 1.29 is 22.6 Å². The van der Waals surface area contributed by atoms with Gasteiger partial charge >= 0.3 is 0 Å². The number of benzene rings is 2. The van der Waals surface area contributed by atoms with E-state index in [1.807, 2.05) is 12.1 Å². The number of nitriles is 1. The van der Waals surface area contributed by atoms with E-state index in [2.05, 4.69) is 10.8 Å². The molecule has 0 heterocycles. The summed E-state index contributed by atoms with van der Waals surface area (Å²) < 4.78 is 43.2. The Morgan fingerprint density at radius 3 is 2.38 bits per heavy atom. The number of hydrogen-bond acceptors (Lipinski definition) is 6. The Morgan fingerprint density at radius 2 is 1.78 bits per heavy atom. The van der Waals surface area contributed by atoms with Crippen molar-refractivity contribution in [1.82, 2.24) is 4.72 Å². The van der Waals surface area contributed by atoms with E-state index in [1.54, 1.807) is 24.3 Å². The van der Waals surface area contributed by atoms with Crippen LogP contribution in [-0.4, -0.2) is 32.9 Å². The number of nitrogens with one attached hydrogen (secondary N) is 1. The smallest absolute Gasteiger partial charge is 0.209 e. The van der Waals surface area contributed by atoms with Gasteiger partial charge in [-0.25, -0.2) is 13.1 Å². The van der Waals surface area contributed by atoms with Crippen molar-refractivity contribution in [2.75, 3.05) is 12.9 Å². The van der Waals surface area contributed by atoms with Crippen LogP contribution in [0.25, 0.3) is 0 Å². The third-order valence-electron chi connectivity index (χ3n) is 6.09. The average molecular weight is 475 g/mol. The van der Waals surface area contributed by atoms with Gasteiger partial charge in [-0.15, -0.1) is 0 Å². The molecule has 2 aromatic carbocycles. The lowest BCUT2D eigenvalue weighted by Gasteiger charge is -2.69. The predicted molar refractivity (Wildman–Crippen MR) is 119 cm³/mol. The fraction of sp³-hybridized carbons (Fsp3) is 0.435. The van der Waals surface area contributed by atoms with Crippen LogP contribution in [-0.2, 0) is 10.0 Å². The molecule has 0 atom stereocenters. The summed E-state index contributed by atoms with van der Waals surface area (Å²) in [4.78, 5) is 0. The van der Waals surface area contributed by atoms with Gasteiger partial charge in [0.25, 0.3) is 0 Å². The Bertz CT molecular complexity index is 1180. The van der Waals surface area contributed by atoms with E-state index in [0.29, 0.717) is 34.4 Å². The summed E-state index contributed by atoms with van der Waals surface area (Å²) in [5.74, 6) is 2.18. The van der Waals surface area contributed by atoms with Crippen LogP contribution in [0, 0.1) is 16.7 Å². The Hall–Kier alpha value is -2.47. The Balaban J connectivity index is 1.17. The maximum absolute atomic E-state index is 11.4. The maximum Gasteiger partial charge on any atom is 0.209 e. The minimum atomic E-state index is -3.18. The van der Waals surface area contributed by atoms with Crippen LogP contribution >= 0.6 is 11.6 Å². The third kappa shape index (κ3) is 4.38. The molecule has 4 aliphatic carbocycles. The van der Waals surface area contributed by atoms with Crippen molar-refractivity contribution in [2.24, 2.45) is 5.41 Å². The third-order valence-corrected chi connectivity index (χ3v) is 7.18. The van der Waals surface area contributed by atoms with Gasteiger partial charge in [-0.1, -0.05) is 11.6 Å². The molecular formula is C23H23ClN2O5S. The molecule has 0 saturated heterocycles. The molecular weight excluding hydrogens is 452 g/mol. The number of ether oxygens (including phenoxy) is 3. The van der Waals surface area contributed by atoms with Gasteiger partial charge in [-0.05, 0) is 56.4 Å². The van der Waals surface area contributed by atoms with E-state index in [4.69, 9.17) is 25.8 Å².